The van der Waals surface area contributed by atoms with E-state index in [4.69, 9.17) is 9.47 Å². The first-order valence-corrected chi connectivity index (χ1v) is 9.88. The van der Waals surface area contributed by atoms with Gasteiger partial charge in [0, 0.05) is 51.1 Å². The van der Waals surface area contributed by atoms with Crippen molar-refractivity contribution in [3.8, 4) is 22.6 Å². The van der Waals surface area contributed by atoms with Crippen molar-refractivity contribution in [2.24, 2.45) is 7.05 Å². The lowest BCUT2D eigenvalue weighted by Gasteiger charge is -2.30. The molecule has 8 nitrogen and oxygen atoms in total. The molecule has 1 aromatic heterocycles. The van der Waals surface area contributed by atoms with E-state index >= 15 is 0 Å². The summed E-state index contributed by atoms with van der Waals surface area (Å²) in [5, 5.41) is 2.67. The van der Waals surface area contributed by atoms with Gasteiger partial charge in [-0.05, 0) is 43.8 Å². The molecular formula is C22H30N4O4. The predicted molar refractivity (Wildman–Crippen MR) is 116 cm³/mol. The number of benzene rings is 1. The largest absolute Gasteiger partial charge is 0.496 e. The van der Waals surface area contributed by atoms with E-state index in [2.05, 4.69) is 10.2 Å². The Kier molecular flexibility index (Phi) is 6.36. The maximum absolute atomic E-state index is 12.8. The first kappa shape index (κ1) is 21.7. The molecule has 162 valence electrons. The van der Waals surface area contributed by atoms with Crippen molar-refractivity contribution in [1.29, 1.82) is 0 Å². The van der Waals surface area contributed by atoms with Crippen LogP contribution >= 0.6 is 0 Å². The molecule has 0 atom stereocenters. The zero-order valence-electron chi connectivity index (χ0n) is 18.5. The molecule has 0 saturated heterocycles. The van der Waals surface area contributed by atoms with Gasteiger partial charge < -0.3 is 29.2 Å². The van der Waals surface area contributed by atoms with Gasteiger partial charge in [-0.1, -0.05) is 0 Å². The average molecular weight is 415 g/mol. The SMILES string of the molecule is CNC(=O)N1CCc2c(c(-c3cc(OC)c(CN(C)C)c(OC)c3)cn(C)c2=O)C1. The summed E-state index contributed by atoms with van der Waals surface area (Å²) in [6.07, 6.45) is 2.35. The minimum absolute atomic E-state index is 0.0199. The molecule has 0 spiro atoms. The summed E-state index contributed by atoms with van der Waals surface area (Å²) >= 11 is 0. The molecule has 0 unspecified atom stereocenters. The van der Waals surface area contributed by atoms with E-state index in [1.165, 1.54) is 0 Å². The highest BCUT2D eigenvalue weighted by molar-refractivity contribution is 5.76. The van der Waals surface area contributed by atoms with Crippen molar-refractivity contribution in [1.82, 2.24) is 19.7 Å². The van der Waals surface area contributed by atoms with E-state index in [0.717, 1.165) is 39.3 Å². The number of methoxy groups -OCH3 is 2. The Balaban J connectivity index is 2.20. The number of fused-ring (bicyclic) bond motifs is 1. The third kappa shape index (κ3) is 4.00. The van der Waals surface area contributed by atoms with Crippen molar-refractivity contribution >= 4 is 6.03 Å². The van der Waals surface area contributed by atoms with Crippen molar-refractivity contribution in [2.45, 2.75) is 19.5 Å². The van der Waals surface area contributed by atoms with Crippen LogP contribution in [0.5, 0.6) is 11.5 Å². The van der Waals surface area contributed by atoms with Gasteiger partial charge in [-0.3, -0.25) is 4.79 Å². The molecule has 1 aromatic carbocycles. The summed E-state index contributed by atoms with van der Waals surface area (Å²) in [5.74, 6) is 1.44. The van der Waals surface area contributed by atoms with Gasteiger partial charge in [0.05, 0.1) is 19.8 Å². The quantitative estimate of drug-likeness (QED) is 0.808. The lowest BCUT2D eigenvalue weighted by atomic mass is 9.92. The number of nitrogens with zero attached hydrogens (tertiary/aromatic N) is 3. The molecule has 3 rings (SSSR count). The second kappa shape index (κ2) is 8.79. The van der Waals surface area contributed by atoms with Gasteiger partial charge >= 0.3 is 6.03 Å². The van der Waals surface area contributed by atoms with Crippen LogP contribution in [0.15, 0.2) is 23.1 Å². The smallest absolute Gasteiger partial charge is 0.317 e. The van der Waals surface area contributed by atoms with Crippen molar-refractivity contribution < 1.29 is 14.3 Å². The molecule has 8 heteroatoms. The molecule has 0 aliphatic carbocycles. The van der Waals surface area contributed by atoms with E-state index in [9.17, 15) is 9.59 Å². The highest BCUT2D eigenvalue weighted by Crippen LogP contribution is 2.38. The topological polar surface area (TPSA) is 76.0 Å². The van der Waals surface area contributed by atoms with Crippen LogP contribution in [0.2, 0.25) is 0 Å². The van der Waals surface area contributed by atoms with Crippen molar-refractivity contribution in [2.75, 3.05) is 41.9 Å². The van der Waals surface area contributed by atoms with Gasteiger partial charge in [-0.25, -0.2) is 4.79 Å². The number of carbonyl (C=O) groups excluding carboxylic acids is 1. The number of carbonyl (C=O) groups is 1. The number of aromatic nitrogens is 1. The number of aryl methyl sites for hydroxylation is 1. The van der Waals surface area contributed by atoms with E-state index in [0.29, 0.717) is 26.1 Å². The van der Waals surface area contributed by atoms with Crippen molar-refractivity contribution in [3.63, 3.8) is 0 Å². The van der Waals surface area contributed by atoms with Gasteiger partial charge in [0.1, 0.15) is 11.5 Å². The highest BCUT2D eigenvalue weighted by Gasteiger charge is 2.26. The number of urea groups is 1. The third-order valence-electron chi connectivity index (χ3n) is 5.47. The van der Waals surface area contributed by atoms with Crippen LogP contribution in [0.3, 0.4) is 0 Å². The van der Waals surface area contributed by atoms with Crippen LogP contribution in [0.4, 0.5) is 4.79 Å². The van der Waals surface area contributed by atoms with Gasteiger partial charge in [0.25, 0.3) is 5.56 Å². The molecule has 2 aromatic rings. The summed E-state index contributed by atoms with van der Waals surface area (Å²) < 4.78 is 13.0. The first-order chi connectivity index (χ1) is 14.3. The second-order valence-corrected chi connectivity index (χ2v) is 7.74. The zero-order valence-corrected chi connectivity index (χ0v) is 18.5. The molecule has 0 radical (unpaired) electrons. The number of hydrogen-bond donors (Lipinski definition) is 1. The van der Waals surface area contributed by atoms with Crippen LogP contribution in [-0.4, -0.2) is 62.3 Å². The molecular weight excluding hydrogens is 384 g/mol. The summed E-state index contributed by atoms with van der Waals surface area (Å²) in [5.41, 5.74) is 4.35. The lowest BCUT2D eigenvalue weighted by molar-refractivity contribution is 0.194. The van der Waals surface area contributed by atoms with Crippen LogP contribution in [-0.2, 0) is 26.6 Å². The Labute approximate surface area is 177 Å². The van der Waals surface area contributed by atoms with E-state index in [1.807, 2.05) is 32.4 Å². The van der Waals surface area contributed by atoms with Gasteiger partial charge in [0.2, 0.25) is 0 Å². The Morgan fingerprint density at radius 3 is 2.33 bits per heavy atom. The third-order valence-corrected chi connectivity index (χ3v) is 5.47. The number of pyridine rings is 1. The van der Waals surface area contributed by atoms with Crippen LogP contribution in [0.25, 0.3) is 11.1 Å². The van der Waals surface area contributed by atoms with E-state index in [1.54, 1.807) is 37.8 Å². The lowest BCUT2D eigenvalue weighted by Crippen LogP contribution is -2.43. The molecule has 1 aliphatic heterocycles. The Hall–Kier alpha value is -3.00. The number of nitrogens with one attached hydrogen (secondary N) is 1. The number of hydrogen-bond acceptors (Lipinski definition) is 5. The van der Waals surface area contributed by atoms with Crippen LogP contribution in [0, 0.1) is 0 Å². The minimum atomic E-state index is -0.149. The Bertz CT molecular complexity index is 988. The monoisotopic (exact) mass is 414 g/mol. The minimum Gasteiger partial charge on any atom is -0.496 e. The maximum atomic E-state index is 12.8. The van der Waals surface area contributed by atoms with Gasteiger partial charge in [-0.15, -0.1) is 0 Å². The number of amides is 2. The molecule has 1 N–H and O–H groups in total. The van der Waals surface area contributed by atoms with Gasteiger partial charge in [-0.2, -0.15) is 0 Å². The molecule has 2 heterocycles. The summed E-state index contributed by atoms with van der Waals surface area (Å²) in [6, 6.07) is 3.80. The summed E-state index contributed by atoms with van der Waals surface area (Å²) in [7, 11) is 10.6. The highest BCUT2D eigenvalue weighted by atomic mass is 16.5. The fourth-order valence-electron chi connectivity index (χ4n) is 3.98. The molecule has 2 amide bonds. The molecule has 1 aliphatic rings. The summed E-state index contributed by atoms with van der Waals surface area (Å²) in [6.45, 7) is 1.56. The standard InChI is InChI=1S/C22H30N4O4/c1-23-22(28)26-8-7-15-17(13-26)16(12-25(4)21(15)27)14-9-19(29-5)18(11-24(2)3)20(10-14)30-6/h9-10,12H,7-8,11,13H2,1-6H3,(H,23,28). The second-order valence-electron chi connectivity index (χ2n) is 7.74. The average Bonchev–Trinajstić information content (AvgIpc) is 2.75. The number of rotatable bonds is 5. The van der Waals surface area contributed by atoms with E-state index in [-0.39, 0.29) is 11.6 Å². The van der Waals surface area contributed by atoms with Crippen LogP contribution in [0.1, 0.15) is 16.7 Å². The Morgan fingerprint density at radius 1 is 1.17 bits per heavy atom. The van der Waals surface area contributed by atoms with Crippen molar-refractivity contribution in [3.05, 3.63) is 45.4 Å². The zero-order chi connectivity index (χ0) is 22.0. The fourth-order valence-corrected chi connectivity index (χ4v) is 3.98. The van der Waals surface area contributed by atoms with Gasteiger partial charge in [0.15, 0.2) is 0 Å². The van der Waals surface area contributed by atoms with Crippen LogP contribution < -0.4 is 20.3 Å². The van der Waals surface area contributed by atoms with E-state index < -0.39 is 0 Å². The molecule has 30 heavy (non-hydrogen) atoms. The maximum Gasteiger partial charge on any atom is 0.317 e. The molecule has 0 bridgehead atoms. The Morgan fingerprint density at radius 2 is 1.80 bits per heavy atom. The summed E-state index contributed by atoms with van der Waals surface area (Å²) in [4.78, 5) is 28.7. The predicted octanol–water partition coefficient (Wildman–Crippen LogP) is 1.83. The molecule has 0 saturated carbocycles. The number of ether oxygens (including phenoxy) is 2. The first-order valence-electron chi connectivity index (χ1n) is 9.88. The fraction of sp³-hybridized carbons (Fsp3) is 0.455. The molecule has 0 fully saturated rings. The normalized spacial score (nSPS) is 13.2.